The molecule has 158 valence electrons. The van der Waals surface area contributed by atoms with E-state index in [9.17, 15) is 8.42 Å². The monoisotopic (exact) mass is 432 g/mol. The minimum Gasteiger partial charge on any atom is -0.497 e. The number of para-hydroxylation sites is 1. The first-order chi connectivity index (χ1) is 15.1. The number of nitrogens with zero attached hydrogens (tertiary/aromatic N) is 2. The maximum atomic E-state index is 13.4. The average molecular weight is 433 g/mol. The standard InChI is InChI=1S/C25H24N2O3S/c1-30-20-11-13-21(14-12-20)31(28,29)26-16-15-23-22-9-5-6-10-24(22)27(25(23)18-26)17-19-7-3-2-4-8-19/h2-14H,15-18H2,1H3. The van der Waals surface area contributed by atoms with Gasteiger partial charge in [0.15, 0.2) is 0 Å². The highest BCUT2D eigenvalue weighted by Crippen LogP contribution is 2.33. The number of benzene rings is 3. The van der Waals surface area contributed by atoms with Crippen LogP contribution in [0, 0.1) is 0 Å². The summed E-state index contributed by atoms with van der Waals surface area (Å²) in [6, 6.07) is 25.3. The summed E-state index contributed by atoms with van der Waals surface area (Å²) < 4.78 is 35.8. The van der Waals surface area contributed by atoms with Crippen LogP contribution in [-0.2, 0) is 29.5 Å². The van der Waals surface area contributed by atoms with E-state index in [1.807, 2.05) is 24.3 Å². The van der Waals surface area contributed by atoms with Crippen LogP contribution in [0.5, 0.6) is 5.75 Å². The van der Waals surface area contributed by atoms with Crippen LogP contribution in [0.25, 0.3) is 10.9 Å². The number of fused-ring (bicyclic) bond motifs is 3. The zero-order valence-electron chi connectivity index (χ0n) is 17.4. The van der Waals surface area contributed by atoms with Crippen molar-refractivity contribution in [3.05, 3.63) is 95.7 Å². The lowest BCUT2D eigenvalue weighted by Gasteiger charge is -2.28. The highest BCUT2D eigenvalue weighted by Gasteiger charge is 2.31. The first-order valence-electron chi connectivity index (χ1n) is 10.3. The van der Waals surface area contributed by atoms with Crippen molar-refractivity contribution in [2.45, 2.75) is 24.4 Å². The van der Waals surface area contributed by atoms with Crippen LogP contribution >= 0.6 is 0 Å². The van der Waals surface area contributed by atoms with E-state index in [0.717, 1.165) is 11.2 Å². The quantitative estimate of drug-likeness (QED) is 0.468. The molecule has 4 aromatic rings. The predicted molar refractivity (Wildman–Crippen MR) is 122 cm³/mol. The maximum absolute atomic E-state index is 13.4. The molecular weight excluding hydrogens is 408 g/mol. The fourth-order valence-electron chi connectivity index (χ4n) is 4.42. The molecular formula is C25H24N2O3S. The Kier molecular flexibility index (Phi) is 5.04. The summed E-state index contributed by atoms with van der Waals surface area (Å²) in [6.07, 6.45) is 0.701. The highest BCUT2D eigenvalue weighted by atomic mass is 32.2. The van der Waals surface area contributed by atoms with E-state index in [0.29, 0.717) is 36.7 Å². The topological polar surface area (TPSA) is 51.5 Å². The Balaban J connectivity index is 1.55. The lowest BCUT2D eigenvalue weighted by atomic mass is 10.0. The molecule has 2 heterocycles. The molecule has 0 atom stereocenters. The molecule has 0 saturated heterocycles. The molecule has 5 rings (SSSR count). The molecule has 0 amide bonds. The van der Waals surface area contributed by atoms with Gasteiger partial charge in [0, 0.05) is 29.7 Å². The fraction of sp³-hybridized carbons (Fsp3) is 0.200. The van der Waals surface area contributed by atoms with Gasteiger partial charge in [-0.1, -0.05) is 48.5 Å². The summed E-state index contributed by atoms with van der Waals surface area (Å²) in [6.45, 7) is 1.55. The van der Waals surface area contributed by atoms with Gasteiger partial charge in [0.25, 0.3) is 0 Å². The van der Waals surface area contributed by atoms with E-state index >= 15 is 0 Å². The Hall–Kier alpha value is -3.09. The van der Waals surface area contributed by atoms with Crippen molar-refractivity contribution in [1.29, 1.82) is 0 Å². The summed E-state index contributed by atoms with van der Waals surface area (Å²) in [5, 5.41) is 1.22. The number of ether oxygens (including phenoxy) is 1. The molecule has 1 aliphatic rings. The summed E-state index contributed by atoms with van der Waals surface area (Å²) >= 11 is 0. The summed E-state index contributed by atoms with van der Waals surface area (Å²) in [7, 11) is -2.02. The second-order valence-corrected chi connectivity index (χ2v) is 9.72. The van der Waals surface area contributed by atoms with E-state index in [1.54, 1.807) is 35.7 Å². The number of aromatic nitrogens is 1. The lowest BCUT2D eigenvalue weighted by molar-refractivity contribution is 0.381. The molecule has 3 aromatic carbocycles. The van der Waals surface area contributed by atoms with Gasteiger partial charge in [0.1, 0.15) is 5.75 Å². The molecule has 31 heavy (non-hydrogen) atoms. The summed E-state index contributed by atoms with van der Waals surface area (Å²) in [5.74, 6) is 0.642. The van der Waals surface area contributed by atoms with E-state index in [1.165, 1.54) is 16.5 Å². The van der Waals surface area contributed by atoms with Crippen LogP contribution in [0.15, 0.2) is 83.8 Å². The third-order valence-electron chi connectivity index (χ3n) is 6.01. The van der Waals surface area contributed by atoms with Crippen LogP contribution in [0.1, 0.15) is 16.8 Å². The van der Waals surface area contributed by atoms with E-state index < -0.39 is 10.0 Å². The van der Waals surface area contributed by atoms with Crippen molar-refractivity contribution in [2.75, 3.05) is 13.7 Å². The van der Waals surface area contributed by atoms with Crippen LogP contribution in [-0.4, -0.2) is 30.9 Å². The van der Waals surface area contributed by atoms with Crippen molar-refractivity contribution in [1.82, 2.24) is 8.87 Å². The van der Waals surface area contributed by atoms with E-state index in [-0.39, 0.29) is 0 Å². The SMILES string of the molecule is COc1ccc(S(=O)(=O)N2CCc3c(n(Cc4ccccc4)c4ccccc34)C2)cc1. The van der Waals surface area contributed by atoms with Gasteiger partial charge in [-0.15, -0.1) is 0 Å². The average Bonchev–Trinajstić information content (AvgIpc) is 3.13. The zero-order valence-corrected chi connectivity index (χ0v) is 18.2. The Labute approximate surface area is 182 Å². The molecule has 0 fully saturated rings. The first kappa shape index (κ1) is 19.8. The third kappa shape index (κ3) is 3.52. The maximum Gasteiger partial charge on any atom is 0.243 e. The van der Waals surface area contributed by atoms with Crippen LogP contribution in [0.4, 0.5) is 0 Å². The Morgan fingerprint density at radius 1 is 0.903 bits per heavy atom. The molecule has 0 bridgehead atoms. The molecule has 0 N–H and O–H groups in total. The molecule has 5 nitrogen and oxygen atoms in total. The van der Waals surface area contributed by atoms with Crippen molar-refractivity contribution >= 4 is 20.9 Å². The van der Waals surface area contributed by atoms with Crippen molar-refractivity contribution in [3.63, 3.8) is 0 Å². The van der Waals surface area contributed by atoms with Crippen molar-refractivity contribution in [2.24, 2.45) is 0 Å². The lowest BCUT2D eigenvalue weighted by Crippen LogP contribution is -2.36. The fourth-order valence-corrected chi connectivity index (χ4v) is 5.82. The molecule has 1 aliphatic heterocycles. The van der Waals surface area contributed by atoms with E-state index in [4.69, 9.17) is 4.74 Å². The zero-order chi connectivity index (χ0) is 21.4. The van der Waals surface area contributed by atoms with Gasteiger partial charge in [-0.25, -0.2) is 8.42 Å². The van der Waals surface area contributed by atoms with Crippen molar-refractivity contribution in [3.8, 4) is 5.75 Å². The van der Waals surface area contributed by atoms with Crippen LogP contribution in [0.3, 0.4) is 0 Å². The van der Waals surface area contributed by atoms with Gasteiger partial charge >= 0.3 is 0 Å². The third-order valence-corrected chi connectivity index (χ3v) is 7.87. The second-order valence-electron chi connectivity index (χ2n) is 7.78. The van der Waals surface area contributed by atoms with Crippen LogP contribution in [0.2, 0.25) is 0 Å². The molecule has 0 saturated carbocycles. The van der Waals surface area contributed by atoms with Gasteiger partial charge in [0.2, 0.25) is 10.0 Å². The number of methoxy groups -OCH3 is 1. The number of hydrogen-bond donors (Lipinski definition) is 0. The van der Waals surface area contributed by atoms with Gasteiger partial charge in [0.05, 0.1) is 18.6 Å². The number of hydrogen-bond acceptors (Lipinski definition) is 3. The number of sulfonamides is 1. The Bertz CT molecular complexity index is 1330. The normalized spacial score (nSPS) is 14.5. The Morgan fingerprint density at radius 2 is 1.61 bits per heavy atom. The molecule has 0 aliphatic carbocycles. The molecule has 0 radical (unpaired) electrons. The van der Waals surface area contributed by atoms with Crippen LogP contribution < -0.4 is 4.74 Å². The predicted octanol–water partition coefficient (Wildman–Crippen LogP) is 4.45. The number of rotatable bonds is 5. The highest BCUT2D eigenvalue weighted by molar-refractivity contribution is 7.89. The Morgan fingerprint density at radius 3 is 2.35 bits per heavy atom. The molecule has 1 aromatic heterocycles. The molecule has 0 unspecified atom stereocenters. The van der Waals surface area contributed by atoms with Gasteiger partial charge < -0.3 is 9.30 Å². The van der Waals surface area contributed by atoms with E-state index in [2.05, 4.69) is 34.9 Å². The second kappa shape index (κ2) is 7.87. The van der Waals surface area contributed by atoms with Gasteiger partial charge in [-0.2, -0.15) is 4.31 Å². The smallest absolute Gasteiger partial charge is 0.243 e. The molecule has 0 spiro atoms. The first-order valence-corrected chi connectivity index (χ1v) is 11.8. The van der Waals surface area contributed by atoms with Crippen molar-refractivity contribution < 1.29 is 13.2 Å². The minimum absolute atomic E-state index is 0.294. The summed E-state index contributed by atoms with van der Waals surface area (Å²) in [5.41, 5.74) is 4.68. The van der Waals surface area contributed by atoms with Gasteiger partial charge in [-0.05, 0) is 47.9 Å². The largest absolute Gasteiger partial charge is 0.497 e. The van der Waals surface area contributed by atoms with Gasteiger partial charge in [-0.3, -0.25) is 0 Å². The summed E-state index contributed by atoms with van der Waals surface area (Å²) in [4.78, 5) is 0.294. The minimum atomic E-state index is -3.59. The molecule has 6 heteroatoms.